The lowest BCUT2D eigenvalue weighted by Crippen LogP contribution is -2.10. The first-order valence-electron chi connectivity index (χ1n) is 10.6. The van der Waals surface area contributed by atoms with Crippen LogP contribution in [-0.4, -0.2) is 25.7 Å². The molecule has 0 fully saturated rings. The average Bonchev–Trinajstić information content (AvgIpc) is 3.70. The van der Waals surface area contributed by atoms with Crippen LogP contribution < -0.4 is 11.5 Å². The van der Waals surface area contributed by atoms with Gasteiger partial charge in [-0.1, -0.05) is 22.7 Å². The van der Waals surface area contributed by atoms with Gasteiger partial charge in [0.05, 0.1) is 46.2 Å². The molecule has 36 heavy (non-hydrogen) atoms. The van der Waals surface area contributed by atoms with E-state index in [9.17, 15) is 4.79 Å². The van der Waals surface area contributed by atoms with Crippen LogP contribution >= 0.6 is 22.7 Å². The molecule has 0 aliphatic rings. The Kier molecular flexibility index (Phi) is 5.40. The fraction of sp³-hybridized carbons (Fsp3) is 0. The highest BCUT2D eigenvalue weighted by atomic mass is 32.1. The van der Waals surface area contributed by atoms with Crippen molar-refractivity contribution in [3.05, 3.63) is 85.2 Å². The second kappa shape index (κ2) is 8.87. The van der Waals surface area contributed by atoms with Crippen LogP contribution in [-0.2, 0) is 0 Å². The number of furan rings is 2. The number of nitrogens with zero attached hydrogens (tertiary/aromatic N) is 4. The van der Waals surface area contributed by atoms with Gasteiger partial charge in [0.2, 0.25) is 5.78 Å². The van der Waals surface area contributed by atoms with Crippen LogP contribution in [0.5, 0.6) is 0 Å². The van der Waals surface area contributed by atoms with Crippen LogP contribution in [0.25, 0.3) is 43.4 Å². The topological polar surface area (TPSA) is 147 Å². The van der Waals surface area contributed by atoms with E-state index >= 15 is 0 Å². The van der Waals surface area contributed by atoms with Crippen molar-refractivity contribution in [1.82, 2.24) is 19.9 Å². The van der Waals surface area contributed by atoms with E-state index in [1.54, 1.807) is 61.7 Å². The van der Waals surface area contributed by atoms with Crippen LogP contribution in [0.2, 0.25) is 0 Å². The summed E-state index contributed by atoms with van der Waals surface area (Å²) in [5, 5.41) is 0.735. The molecule has 0 radical (unpaired) electrons. The summed E-state index contributed by atoms with van der Waals surface area (Å²) >= 11 is 2.55. The molecule has 0 atom stereocenters. The van der Waals surface area contributed by atoms with Gasteiger partial charge in [-0.25, -0.2) is 9.97 Å². The maximum absolute atomic E-state index is 14.0. The summed E-state index contributed by atoms with van der Waals surface area (Å²) in [5.41, 5.74) is 16.5. The van der Waals surface area contributed by atoms with Gasteiger partial charge in [-0.2, -0.15) is 0 Å². The van der Waals surface area contributed by atoms with Crippen molar-refractivity contribution in [1.29, 1.82) is 0 Å². The molecular formula is C25H16N6O3S2. The van der Waals surface area contributed by atoms with Crippen molar-refractivity contribution in [2.75, 3.05) is 11.5 Å². The van der Waals surface area contributed by atoms with E-state index in [4.69, 9.17) is 20.3 Å². The lowest BCUT2D eigenvalue weighted by Gasteiger charge is -2.10. The molecule has 9 nitrogen and oxygen atoms in total. The molecule has 0 aromatic carbocycles. The number of pyridine rings is 2. The molecule has 6 rings (SSSR count). The third-order valence-corrected chi connectivity index (χ3v) is 7.25. The minimum Gasteiger partial charge on any atom is -0.472 e. The highest BCUT2D eigenvalue weighted by Crippen LogP contribution is 2.42. The number of hydrogen-bond donors (Lipinski definition) is 2. The van der Waals surface area contributed by atoms with Crippen molar-refractivity contribution in [3.8, 4) is 43.4 Å². The van der Waals surface area contributed by atoms with E-state index in [0.717, 1.165) is 11.1 Å². The lowest BCUT2D eigenvalue weighted by atomic mass is 9.99. The summed E-state index contributed by atoms with van der Waals surface area (Å²) in [6.07, 6.45) is 9.42. The third kappa shape index (κ3) is 3.76. The molecule has 0 aliphatic carbocycles. The largest absolute Gasteiger partial charge is 0.472 e. The molecule has 6 aromatic rings. The van der Waals surface area contributed by atoms with Crippen LogP contribution in [0.15, 0.2) is 82.7 Å². The highest BCUT2D eigenvalue weighted by molar-refractivity contribution is 7.19. The third-order valence-electron chi connectivity index (χ3n) is 5.41. The van der Waals surface area contributed by atoms with Crippen LogP contribution in [0.1, 0.15) is 16.2 Å². The summed E-state index contributed by atoms with van der Waals surface area (Å²) in [7, 11) is 0. The fourth-order valence-electron chi connectivity index (χ4n) is 3.88. The second-order valence-electron chi connectivity index (χ2n) is 7.61. The highest BCUT2D eigenvalue weighted by Gasteiger charge is 2.26. The van der Waals surface area contributed by atoms with Gasteiger partial charge in [-0.15, -0.1) is 0 Å². The van der Waals surface area contributed by atoms with Gasteiger partial charge in [0.1, 0.15) is 11.4 Å². The first kappa shape index (κ1) is 21.9. The number of nitrogen functional groups attached to an aromatic ring is 2. The number of rotatable bonds is 6. The molecule has 0 spiro atoms. The first-order valence-corrected chi connectivity index (χ1v) is 12.3. The zero-order valence-electron chi connectivity index (χ0n) is 18.4. The van der Waals surface area contributed by atoms with Gasteiger partial charge in [0.15, 0.2) is 10.3 Å². The van der Waals surface area contributed by atoms with Crippen molar-refractivity contribution < 1.29 is 13.6 Å². The Bertz CT molecular complexity index is 1560. The van der Waals surface area contributed by atoms with Crippen LogP contribution in [0.3, 0.4) is 0 Å². The molecule has 6 aromatic heterocycles. The van der Waals surface area contributed by atoms with Gasteiger partial charge in [0, 0.05) is 34.6 Å². The van der Waals surface area contributed by atoms with Gasteiger partial charge in [0.25, 0.3) is 0 Å². The van der Waals surface area contributed by atoms with Crippen molar-refractivity contribution >= 4 is 38.7 Å². The molecule has 0 bridgehead atoms. The lowest BCUT2D eigenvalue weighted by molar-refractivity contribution is 0.103. The molecule has 0 saturated heterocycles. The van der Waals surface area contributed by atoms with E-state index in [1.807, 2.05) is 12.1 Å². The number of nitrogens with two attached hydrogens (primary N) is 2. The summed E-state index contributed by atoms with van der Waals surface area (Å²) in [4.78, 5) is 33.2. The summed E-state index contributed by atoms with van der Waals surface area (Å²) < 4.78 is 10.5. The summed E-state index contributed by atoms with van der Waals surface area (Å²) in [6.45, 7) is 0. The van der Waals surface area contributed by atoms with Crippen molar-refractivity contribution in [3.63, 3.8) is 0 Å². The number of anilines is 2. The Hall–Kier alpha value is -4.61. The second-order valence-corrected chi connectivity index (χ2v) is 9.67. The van der Waals surface area contributed by atoms with E-state index in [2.05, 4.69) is 19.9 Å². The van der Waals surface area contributed by atoms with Gasteiger partial charge >= 0.3 is 0 Å². The molecule has 4 N–H and O–H groups in total. The van der Waals surface area contributed by atoms with E-state index in [1.165, 1.54) is 22.7 Å². The number of thiazole rings is 2. The maximum Gasteiger partial charge on any atom is 0.230 e. The smallest absolute Gasteiger partial charge is 0.230 e. The molecule has 176 valence electrons. The molecule has 0 unspecified atom stereocenters. The standard InChI is InChI=1S/C25H16N6O3S2/c26-24-30-17(13-5-9-33-11-13)22(35-24)15-3-1-7-28-19(15)21(32)20-16(4-2-8-29-20)23-18(31-25(27)36-23)14-6-10-34-12-14/h1-12H,(H2,26,30)(H2,27,31). The normalized spacial score (nSPS) is 11.1. The Morgan fingerprint density at radius 1 is 0.722 bits per heavy atom. The van der Waals surface area contributed by atoms with Gasteiger partial charge in [-0.05, 0) is 36.4 Å². The predicted molar refractivity (Wildman–Crippen MR) is 138 cm³/mol. The number of ketones is 1. The average molecular weight is 513 g/mol. The van der Waals surface area contributed by atoms with Gasteiger partial charge in [-0.3, -0.25) is 14.8 Å². The van der Waals surface area contributed by atoms with E-state index < -0.39 is 0 Å². The van der Waals surface area contributed by atoms with Crippen LogP contribution in [0.4, 0.5) is 10.3 Å². The molecule has 6 heterocycles. The number of carbonyl (C=O) groups excluding carboxylic acids is 1. The monoisotopic (exact) mass is 512 g/mol. The quantitative estimate of drug-likeness (QED) is 0.271. The number of aromatic nitrogens is 4. The Morgan fingerprint density at radius 3 is 1.61 bits per heavy atom. The zero-order valence-corrected chi connectivity index (χ0v) is 20.0. The number of carbonyl (C=O) groups is 1. The SMILES string of the molecule is Nc1nc(-c2ccoc2)c(-c2cccnc2C(=O)c2ncccc2-c2sc(N)nc2-c2ccoc2)s1. The van der Waals surface area contributed by atoms with Crippen molar-refractivity contribution in [2.45, 2.75) is 0 Å². The Morgan fingerprint density at radius 2 is 1.19 bits per heavy atom. The minimum atomic E-state index is -0.351. The van der Waals surface area contributed by atoms with Crippen LogP contribution in [0, 0.1) is 0 Å². The summed E-state index contributed by atoms with van der Waals surface area (Å²) in [5.74, 6) is -0.351. The number of hydrogen-bond acceptors (Lipinski definition) is 11. The molecule has 0 saturated carbocycles. The predicted octanol–water partition coefficient (Wildman–Crippen LogP) is 5.64. The summed E-state index contributed by atoms with van der Waals surface area (Å²) in [6, 6.07) is 10.8. The zero-order chi connectivity index (χ0) is 24.6. The van der Waals surface area contributed by atoms with Gasteiger partial charge < -0.3 is 20.3 Å². The molecule has 0 aliphatic heterocycles. The molecule has 11 heteroatoms. The maximum atomic E-state index is 14.0. The Labute approximate surface area is 212 Å². The first-order chi connectivity index (χ1) is 17.6. The minimum absolute atomic E-state index is 0.230. The van der Waals surface area contributed by atoms with Crippen molar-refractivity contribution in [2.24, 2.45) is 0 Å². The fourth-order valence-corrected chi connectivity index (χ4v) is 5.64. The Balaban J connectivity index is 1.50. The van der Waals surface area contributed by atoms with E-state index in [0.29, 0.717) is 42.5 Å². The van der Waals surface area contributed by atoms with E-state index in [-0.39, 0.29) is 17.2 Å². The molecular weight excluding hydrogens is 496 g/mol. The molecule has 0 amide bonds.